The third-order valence-electron chi connectivity index (χ3n) is 7.59. The molecule has 0 aromatic heterocycles. The molecule has 4 heteroatoms. The zero-order chi connectivity index (χ0) is 24.3. The van der Waals surface area contributed by atoms with Gasteiger partial charge in [-0.3, -0.25) is 9.69 Å². The average Bonchev–Trinajstić information content (AvgIpc) is 3.23. The maximum absolute atomic E-state index is 10.9. The van der Waals surface area contributed by atoms with Crippen LogP contribution < -0.4 is 4.74 Å². The van der Waals surface area contributed by atoms with Gasteiger partial charge in [-0.25, -0.2) is 0 Å². The number of ether oxygens (including phenoxy) is 1. The van der Waals surface area contributed by atoms with E-state index >= 15 is 0 Å². The lowest BCUT2D eigenvalue weighted by Crippen LogP contribution is -2.40. The molecule has 1 unspecified atom stereocenters. The summed E-state index contributed by atoms with van der Waals surface area (Å²) < 4.78 is 5.95. The number of aliphatic carboxylic acids is 1. The van der Waals surface area contributed by atoms with Crippen molar-refractivity contribution in [3.05, 3.63) is 107 Å². The zero-order valence-corrected chi connectivity index (χ0v) is 20.3. The third kappa shape index (κ3) is 5.33. The van der Waals surface area contributed by atoms with Gasteiger partial charge in [-0.05, 0) is 71.8 Å². The topological polar surface area (TPSA) is 49.8 Å². The minimum Gasteiger partial charge on any atom is -0.489 e. The molecule has 1 N–H and O–H groups in total. The molecule has 0 amide bonds. The minimum atomic E-state index is -0.776. The Morgan fingerprint density at radius 1 is 0.971 bits per heavy atom. The van der Waals surface area contributed by atoms with Crippen LogP contribution in [0.25, 0.3) is 6.08 Å². The summed E-state index contributed by atoms with van der Waals surface area (Å²) in [7, 11) is 0. The number of rotatable bonds is 8. The monoisotopic (exact) mass is 467 g/mol. The van der Waals surface area contributed by atoms with Crippen molar-refractivity contribution < 1.29 is 14.6 Å². The lowest BCUT2D eigenvalue weighted by molar-refractivity contribution is -0.137. The molecule has 0 saturated carbocycles. The number of nitrogens with zero attached hydrogens (tertiary/aromatic N) is 1. The SMILES string of the molecule is CC(CC(=O)O)c1ccc(OCc2ccc(CN3CCC4(C=Cc5ccccc54)CC3)cc2)cc1. The van der Waals surface area contributed by atoms with Crippen LogP contribution in [0, 0.1) is 0 Å². The van der Waals surface area contributed by atoms with Gasteiger partial charge < -0.3 is 9.84 Å². The molecular formula is C31H33NO3. The molecule has 1 saturated heterocycles. The summed E-state index contributed by atoms with van der Waals surface area (Å²) in [5.41, 5.74) is 6.63. The molecule has 0 radical (unpaired) electrons. The van der Waals surface area contributed by atoms with E-state index in [1.54, 1.807) is 0 Å². The van der Waals surface area contributed by atoms with E-state index in [-0.39, 0.29) is 17.8 Å². The molecule has 3 aromatic rings. The van der Waals surface area contributed by atoms with Crippen LogP contribution in [0.3, 0.4) is 0 Å². The van der Waals surface area contributed by atoms with Crippen LogP contribution in [0.15, 0.2) is 78.9 Å². The van der Waals surface area contributed by atoms with E-state index in [4.69, 9.17) is 9.84 Å². The Morgan fingerprint density at radius 3 is 2.37 bits per heavy atom. The van der Waals surface area contributed by atoms with Crippen LogP contribution in [0.1, 0.15) is 59.9 Å². The molecule has 1 atom stereocenters. The summed E-state index contributed by atoms with van der Waals surface area (Å²) in [6.45, 7) is 5.66. The molecule has 1 fully saturated rings. The number of carboxylic acid groups (broad SMARTS) is 1. The van der Waals surface area contributed by atoms with Gasteiger partial charge in [0.1, 0.15) is 12.4 Å². The quantitative estimate of drug-likeness (QED) is 0.416. The van der Waals surface area contributed by atoms with E-state index in [0.29, 0.717) is 6.61 Å². The number of likely N-dealkylation sites (tertiary alicyclic amines) is 1. The average molecular weight is 468 g/mol. The second kappa shape index (κ2) is 10.1. The van der Waals surface area contributed by atoms with Gasteiger partial charge in [0.2, 0.25) is 0 Å². The first kappa shape index (κ1) is 23.4. The summed E-state index contributed by atoms with van der Waals surface area (Å²) in [6.07, 6.45) is 7.24. The van der Waals surface area contributed by atoms with Crippen molar-refractivity contribution in [1.82, 2.24) is 4.90 Å². The fourth-order valence-corrected chi connectivity index (χ4v) is 5.42. The van der Waals surface area contributed by atoms with E-state index in [1.165, 1.54) is 29.5 Å². The van der Waals surface area contributed by atoms with Crippen LogP contribution in [0.4, 0.5) is 0 Å². The number of piperidine rings is 1. The normalized spacial score (nSPS) is 17.3. The van der Waals surface area contributed by atoms with Gasteiger partial charge >= 0.3 is 5.97 Å². The first-order chi connectivity index (χ1) is 17.0. The maximum atomic E-state index is 10.9. The van der Waals surface area contributed by atoms with Crippen LogP contribution in [-0.4, -0.2) is 29.1 Å². The van der Waals surface area contributed by atoms with Gasteiger partial charge in [-0.15, -0.1) is 0 Å². The molecule has 4 nitrogen and oxygen atoms in total. The second-order valence-corrected chi connectivity index (χ2v) is 10.0. The van der Waals surface area contributed by atoms with Crippen molar-refractivity contribution in [2.45, 2.75) is 50.7 Å². The van der Waals surface area contributed by atoms with Crippen LogP contribution in [0.5, 0.6) is 5.75 Å². The van der Waals surface area contributed by atoms with Crippen molar-refractivity contribution >= 4 is 12.0 Å². The number of fused-ring (bicyclic) bond motifs is 2. The number of carbonyl (C=O) groups is 1. The molecule has 35 heavy (non-hydrogen) atoms. The third-order valence-corrected chi connectivity index (χ3v) is 7.59. The number of hydrogen-bond donors (Lipinski definition) is 1. The van der Waals surface area contributed by atoms with Gasteiger partial charge in [-0.2, -0.15) is 0 Å². The van der Waals surface area contributed by atoms with Gasteiger partial charge in [0.15, 0.2) is 0 Å². The fraction of sp³-hybridized carbons (Fsp3) is 0.323. The highest BCUT2D eigenvalue weighted by Crippen LogP contribution is 2.43. The molecule has 1 heterocycles. The van der Waals surface area contributed by atoms with E-state index < -0.39 is 5.97 Å². The summed E-state index contributed by atoms with van der Waals surface area (Å²) >= 11 is 0. The van der Waals surface area contributed by atoms with Crippen molar-refractivity contribution in [2.75, 3.05) is 13.1 Å². The highest BCUT2D eigenvalue weighted by Gasteiger charge is 2.37. The zero-order valence-electron chi connectivity index (χ0n) is 20.3. The van der Waals surface area contributed by atoms with Crippen LogP contribution in [0.2, 0.25) is 0 Å². The molecule has 1 spiro atoms. The fourth-order valence-electron chi connectivity index (χ4n) is 5.42. The van der Waals surface area contributed by atoms with E-state index in [9.17, 15) is 4.79 Å². The molecule has 5 rings (SSSR count). The van der Waals surface area contributed by atoms with E-state index in [0.717, 1.165) is 36.5 Å². The molecule has 3 aromatic carbocycles. The summed E-state index contributed by atoms with van der Waals surface area (Å²) in [4.78, 5) is 13.5. The molecule has 1 aliphatic carbocycles. The summed E-state index contributed by atoms with van der Waals surface area (Å²) in [5.74, 6) is 0.0114. The Balaban J connectivity index is 1.10. The first-order valence-corrected chi connectivity index (χ1v) is 12.5. The summed E-state index contributed by atoms with van der Waals surface area (Å²) in [6, 6.07) is 25.3. The number of benzene rings is 3. The summed E-state index contributed by atoms with van der Waals surface area (Å²) in [5, 5.41) is 8.97. The number of hydrogen-bond acceptors (Lipinski definition) is 3. The highest BCUT2D eigenvalue weighted by atomic mass is 16.5. The van der Waals surface area contributed by atoms with Gasteiger partial charge in [0, 0.05) is 12.0 Å². The van der Waals surface area contributed by atoms with Gasteiger partial charge in [-0.1, -0.05) is 79.7 Å². The molecule has 1 aliphatic heterocycles. The minimum absolute atomic E-state index is 0.00929. The number of carboxylic acids is 1. The van der Waals surface area contributed by atoms with Crippen molar-refractivity contribution in [2.24, 2.45) is 0 Å². The lowest BCUT2D eigenvalue weighted by Gasteiger charge is -2.39. The van der Waals surface area contributed by atoms with Gasteiger partial charge in [0.05, 0.1) is 6.42 Å². The first-order valence-electron chi connectivity index (χ1n) is 12.5. The molecular weight excluding hydrogens is 434 g/mol. The van der Waals surface area contributed by atoms with Gasteiger partial charge in [0.25, 0.3) is 0 Å². The maximum Gasteiger partial charge on any atom is 0.303 e. The molecule has 180 valence electrons. The molecule has 2 aliphatic rings. The molecule has 0 bridgehead atoms. The van der Waals surface area contributed by atoms with Crippen LogP contribution >= 0.6 is 0 Å². The second-order valence-electron chi connectivity index (χ2n) is 10.0. The number of allylic oxidation sites excluding steroid dienone is 1. The predicted molar refractivity (Wildman–Crippen MR) is 140 cm³/mol. The standard InChI is InChI=1S/C31H33NO3/c1-23(20-30(33)34)26-10-12-28(13-11-26)35-22-25-8-6-24(7-9-25)21-32-18-16-31(17-19-32)15-14-27-4-2-3-5-29(27)31/h2-15,23H,16-22H2,1H3,(H,33,34). The smallest absolute Gasteiger partial charge is 0.303 e. The Morgan fingerprint density at radius 2 is 1.66 bits per heavy atom. The van der Waals surface area contributed by atoms with E-state index in [2.05, 4.69) is 65.6 Å². The predicted octanol–water partition coefficient (Wildman–Crippen LogP) is 6.40. The van der Waals surface area contributed by atoms with Crippen molar-refractivity contribution in [3.63, 3.8) is 0 Å². The van der Waals surface area contributed by atoms with E-state index in [1.807, 2.05) is 31.2 Å². The van der Waals surface area contributed by atoms with Crippen molar-refractivity contribution in [1.29, 1.82) is 0 Å². The van der Waals surface area contributed by atoms with Crippen LogP contribution in [-0.2, 0) is 23.4 Å². The Labute approximate surface area is 207 Å². The Hall–Kier alpha value is -3.37. The Kier molecular flexibility index (Phi) is 6.74. The largest absolute Gasteiger partial charge is 0.489 e. The highest BCUT2D eigenvalue weighted by molar-refractivity contribution is 5.68. The Bertz CT molecular complexity index is 1190. The van der Waals surface area contributed by atoms with Crippen molar-refractivity contribution in [3.8, 4) is 5.75 Å². The lowest BCUT2D eigenvalue weighted by atomic mass is 9.74.